The molecule has 1 aromatic carbocycles. The van der Waals surface area contributed by atoms with Crippen LogP contribution in [0.4, 0.5) is 4.79 Å². The minimum absolute atomic E-state index is 0.0216. The van der Waals surface area contributed by atoms with E-state index in [2.05, 4.69) is 5.32 Å². The van der Waals surface area contributed by atoms with Crippen molar-refractivity contribution in [3.05, 3.63) is 29.8 Å². The van der Waals surface area contributed by atoms with Crippen molar-refractivity contribution in [2.45, 2.75) is 19.9 Å². The molecule has 100 valence electrons. The summed E-state index contributed by atoms with van der Waals surface area (Å²) < 4.78 is 0.699. The van der Waals surface area contributed by atoms with Crippen molar-refractivity contribution in [1.82, 2.24) is 9.88 Å². The third kappa shape index (κ3) is 2.12. The minimum atomic E-state index is -1.34. The van der Waals surface area contributed by atoms with Crippen LogP contribution < -0.4 is 5.32 Å². The number of para-hydroxylation sites is 1. The van der Waals surface area contributed by atoms with Crippen LogP contribution in [0, 0.1) is 0 Å². The van der Waals surface area contributed by atoms with Gasteiger partial charge >= 0.3 is 6.09 Å². The Morgan fingerprint density at radius 3 is 2.47 bits per heavy atom. The lowest BCUT2D eigenvalue weighted by Gasteiger charge is -2.07. The van der Waals surface area contributed by atoms with Gasteiger partial charge in [0.05, 0.1) is 5.52 Å². The standard InChI is InChI=1S/C13H14N2O4/c1-7(2)14-11(16)10-8-5-3-4-6-9(8)15(12(10)17)13(18)19/h3-7,17H,1-2H3,(H,14,16)(H,18,19). The quantitative estimate of drug-likeness (QED) is 0.772. The molecular formula is C13H14N2O4. The molecule has 3 N–H and O–H groups in total. The van der Waals surface area contributed by atoms with Gasteiger partial charge in [-0.1, -0.05) is 18.2 Å². The van der Waals surface area contributed by atoms with Crippen molar-refractivity contribution in [3.63, 3.8) is 0 Å². The highest BCUT2D eigenvalue weighted by atomic mass is 16.4. The van der Waals surface area contributed by atoms with Crippen molar-refractivity contribution in [1.29, 1.82) is 0 Å². The molecule has 0 aliphatic rings. The maximum atomic E-state index is 12.0. The third-order valence-electron chi connectivity index (χ3n) is 2.69. The average Bonchev–Trinajstić information content (AvgIpc) is 2.59. The molecule has 0 fully saturated rings. The number of rotatable bonds is 2. The zero-order valence-corrected chi connectivity index (χ0v) is 10.5. The average molecular weight is 262 g/mol. The number of carbonyl (C=O) groups excluding carboxylic acids is 1. The van der Waals surface area contributed by atoms with Crippen LogP contribution in [0.25, 0.3) is 10.9 Å². The van der Waals surface area contributed by atoms with Crippen LogP contribution in [-0.2, 0) is 0 Å². The van der Waals surface area contributed by atoms with Crippen molar-refractivity contribution >= 4 is 22.9 Å². The number of aromatic hydroxyl groups is 1. The SMILES string of the molecule is CC(C)NC(=O)c1c(O)n(C(=O)O)c2ccccc12. The topological polar surface area (TPSA) is 91.6 Å². The highest BCUT2D eigenvalue weighted by molar-refractivity contribution is 6.11. The number of carbonyl (C=O) groups is 2. The largest absolute Gasteiger partial charge is 0.493 e. The first kappa shape index (κ1) is 12.9. The molecule has 0 aliphatic carbocycles. The number of hydrogen-bond acceptors (Lipinski definition) is 3. The van der Waals surface area contributed by atoms with Crippen molar-refractivity contribution in [2.24, 2.45) is 0 Å². The van der Waals surface area contributed by atoms with Gasteiger partial charge in [-0.15, -0.1) is 0 Å². The fourth-order valence-corrected chi connectivity index (χ4v) is 1.98. The molecule has 1 amide bonds. The first-order chi connectivity index (χ1) is 8.93. The Balaban J connectivity index is 2.71. The summed E-state index contributed by atoms with van der Waals surface area (Å²) in [7, 11) is 0. The molecule has 0 saturated carbocycles. The maximum Gasteiger partial charge on any atom is 0.418 e. The fourth-order valence-electron chi connectivity index (χ4n) is 1.98. The van der Waals surface area contributed by atoms with Gasteiger partial charge in [-0.05, 0) is 19.9 Å². The molecule has 6 heteroatoms. The monoisotopic (exact) mass is 262 g/mol. The van der Waals surface area contributed by atoms with Crippen LogP contribution in [0.15, 0.2) is 24.3 Å². The molecule has 1 heterocycles. The summed E-state index contributed by atoms with van der Waals surface area (Å²) in [4.78, 5) is 23.2. The second-order valence-electron chi connectivity index (χ2n) is 4.46. The lowest BCUT2D eigenvalue weighted by molar-refractivity contribution is 0.0942. The van der Waals surface area contributed by atoms with Gasteiger partial charge in [0.15, 0.2) is 0 Å². The van der Waals surface area contributed by atoms with Crippen LogP contribution in [0.1, 0.15) is 24.2 Å². The number of nitrogens with zero attached hydrogens (tertiary/aromatic N) is 1. The summed E-state index contributed by atoms with van der Waals surface area (Å²) in [6.07, 6.45) is -1.34. The third-order valence-corrected chi connectivity index (χ3v) is 2.69. The number of aromatic nitrogens is 1. The van der Waals surface area contributed by atoms with E-state index in [0.29, 0.717) is 9.95 Å². The molecule has 2 rings (SSSR count). The fraction of sp³-hybridized carbons (Fsp3) is 0.231. The second kappa shape index (κ2) is 4.64. The second-order valence-corrected chi connectivity index (χ2v) is 4.46. The molecule has 0 atom stereocenters. The Morgan fingerprint density at radius 2 is 1.89 bits per heavy atom. The van der Waals surface area contributed by atoms with E-state index in [1.165, 1.54) is 6.07 Å². The lowest BCUT2D eigenvalue weighted by Crippen LogP contribution is -2.30. The van der Waals surface area contributed by atoms with Crippen LogP contribution in [0.3, 0.4) is 0 Å². The van der Waals surface area contributed by atoms with Gasteiger partial charge in [0.1, 0.15) is 5.56 Å². The van der Waals surface area contributed by atoms with Crippen LogP contribution in [0.2, 0.25) is 0 Å². The maximum absolute atomic E-state index is 12.0. The molecule has 0 radical (unpaired) electrons. The van der Waals surface area contributed by atoms with Crippen LogP contribution >= 0.6 is 0 Å². The molecule has 0 aliphatic heterocycles. The van der Waals surface area contributed by atoms with E-state index in [-0.39, 0.29) is 17.1 Å². The van der Waals surface area contributed by atoms with E-state index in [1.54, 1.807) is 32.0 Å². The van der Waals surface area contributed by atoms with E-state index in [1.807, 2.05) is 0 Å². The zero-order chi connectivity index (χ0) is 14.2. The van der Waals surface area contributed by atoms with E-state index in [9.17, 15) is 14.7 Å². The molecular weight excluding hydrogens is 248 g/mol. The molecule has 1 aromatic heterocycles. The first-order valence-electron chi connectivity index (χ1n) is 5.80. The molecule has 0 bridgehead atoms. The Morgan fingerprint density at radius 1 is 1.26 bits per heavy atom. The van der Waals surface area contributed by atoms with Gasteiger partial charge in [0.25, 0.3) is 5.91 Å². The number of nitrogens with one attached hydrogen (secondary N) is 1. The first-order valence-corrected chi connectivity index (χ1v) is 5.80. The summed E-state index contributed by atoms with van der Waals surface area (Å²) >= 11 is 0. The van der Waals surface area contributed by atoms with E-state index < -0.39 is 17.9 Å². The van der Waals surface area contributed by atoms with E-state index in [4.69, 9.17) is 5.11 Å². The van der Waals surface area contributed by atoms with Gasteiger partial charge in [0.2, 0.25) is 5.88 Å². The Hall–Kier alpha value is -2.50. The van der Waals surface area contributed by atoms with E-state index in [0.717, 1.165) is 0 Å². The van der Waals surface area contributed by atoms with Crippen molar-refractivity contribution in [3.8, 4) is 5.88 Å². The Kier molecular flexibility index (Phi) is 3.16. The highest BCUT2D eigenvalue weighted by Crippen LogP contribution is 2.31. The lowest BCUT2D eigenvalue weighted by atomic mass is 10.1. The number of fused-ring (bicyclic) bond motifs is 1. The molecule has 0 spiro atoms. The summed E-state index contributed by atoms with van der Waals surface area (Å²) in [5, 5.41) is 22.1. The highest BCUT2D eigenvalue weighted by Gasteiger charge is 2.25. The zero-order valence-electron chi connectivity index (χ0n) is 10.5. The number of amides is 1. The Bertz CT molecular complexity index is 658. The minimum Gasteiger partial charge on any atom is -0.493 e. The summed E-state index contributed by atoms with van der Waals surface area (Å²) in [5.41, 5.74) is 0.258. The predicted molar refractivity (Wildman–Crippen MR) is 69.6 cm³/mol. The number of carboxylic acid groups (broad SMARTS) is 1. The number of benzene rings is 1. The predicted octanol–water partition coefficient (Wildman–Crippen LogP) is 2.01. The van der Waals surface area contributed by atoms with Gasteiger partial charge in [-0.2, -0.15) is 0 Å². The van der Waals surface area contributed by atoms with Gasteiger partial charge in [-0.25, -0.2) is 9.36 Å². The van der Waals surface area contributed by atoms with E-state index >= 15 is 0 Å². The molecule has 6 nitrogen and oxygen atoms in total. The van der Waals surface area contributed by atoms with Gasteiger partial charge < -0.3 is 15.5 Å². The van der Waals surface area contributed by atoms with Crippen molar-refractivity contribution in [2.75, 3.05) is 0 Å². The molecule has 2 aromatic rings. The Labute approximate surface area is 109 Å². The molecule has 19 heavy (non-hydrogen) atoms. The van der Waals surface area contributed by atoms with Gasteiger partial charge in [-0.3, -0.25) is 4.79 Å². The number of hydrogen-bond donors (Lipinski definition) is 3. The normalized spacial score (nSPS) is 10.9. The molecule has 0 unspecified atom stereocenters. The van der Waals surface area contributed by atoms with Crippen LogP contribution in [-0.4, -0.2) is 32.8 Å². The summed E-state index contributed by atoms with van der Waals surface area (Å²) in [6, 6.07) is 6.35. The summed E-state index contributed by atoms with van der Waals surface area (Å²) in [5.74, 6) is -1.06. The van der Waals surface area contributed by atoms with Gasteiger partial charge in [0, 0.05) is 11.4 Å². The molecule has 0 saturated heterocycles. The smallest absolute Gasteiger partial charge is 0.418 e. The van der Waals surface area contributed by atoms with Crippen LogP contribution in [0.5, 0.6) is 5.88 Å². The summed E-state index contributed by atoms with van der Waals surface area (Å²) in [6.45, 7) is 3.57. The van der Waals surface area contributed by atoms with Crippen molar-refractivity contribution < 1.29 is 19.8 Å².